The van der Waals surface area contributed by atoms with Gasteiger partial charge in [0.1, 0.15) is 5.82 Å². The molecule has 1 atom stereocenters. The quantitative estimate of drug-likeness (QED) is 0.445. The van der Waals surface area contributed by atoms with Gasteiger partial charge in [-0.25, -0.2) is 23.2 Å². The number of nitrogens with two attached hydrogens (primary N) is 1. The van der Waals surface area contributed by atoms with E-state index >= 15 is 0 Å². The highest BCUT2D eigenvalue weighted by molar-refractivity contribution is 7.89. The number of pyridine rings is 1. The SMILES string of the molecule is NS(=O)(=O)c1ccc(-n2nc(C(=O)N3CCC(c4ccccn4)C3)nc2Cc2ccccc2)cc1. The summed E-state index contributed by atoms with van der Waals surface area (Å²) in [6.45, 7) is 1.16. The number of carbonyl (C=O) groups is 1. The van der Waals surface area contributed by atoms with Gasteiger partial charge in [-0.2, -0.15) is 0 Å². The van der Waals surface area contributed by atoms with E-state index < -0.39 is 10.0 Å². The third-order valence-electron chi connectivity index (χ3n) is 6.06. The lowest BCUT2D eigenvalue weighted by Crippen LogP contribution is -2.29. The maximum absolute atomic E-state index is 13.3. The van der Waals surface area contributed by atoms with Crippen LogP contribution < -0.4 is 5.14 Å². The van der Waals surface area contributed by atoms with Gasteiger partial charge in [-0.3, -0.25) is 9.78 Å². The highest BCUT2D eigenvalue weighted by atomic mass is 32.2. The van der Waals surface area contributed by atoms with Crippen LogP contribution in [0.2, 0.25) is 0 Å². The predicted octanol–water partition coefficient (Wildman–Crippen LogP) is 2.53. The molecular formula is C25H24N6O3S. The molecule has 0 saturated carbocycles. The van der Waals surface area contributed by atoms with Crippen molar-refractivity contribution in [1.82, 2.24) is 24.6 Å². The summed E-state index contributed by atoms with van der Waals surface area (Å²) in [5.41, 5.74) is 2.57. The minimum atomic E-state index is -3.82. The van der Waals surface area contributed by atoms with Gasteiger partial charge in [0.15, 0.2) is 0 Å². The molecule has 0 radical (unpaired) electrons. The molecule has 1 amide bonds. The van der Waals surface area contributed by atoms with Gasteiger partial charge in [0.05, 0.1) is 10.6 Å². The molecule has 1 unspecified atom stereocenters. The van der Waals surface area contributed by atoms with E-state index in [2.05, 4.69) is 15.1 Å². The van der Waals surface area contributed by atoms with E-state index in [4.69, 9.17) is 5.14 Å². The van der Waals surface area contributed by atoms with Crippen molar-refractivity contribution in [3.05, 3.63) is 102 Å². The van der Waals surface area contributed by atoms with Crippen LogP contribution in [0.5, 0.6) is 0 Å². The molecule has 5 rings (SSSR count). The van der Waals surface area contributed by atoms with Crippen molar-refractivity contribution >= 4 is 15.9 Å². The first-order chi connectivity index (χ1) is 16.9. The van der Waals surface area contributed by atoms with Crippen LogP contribution in [-0.2, 0) is 16.4 Å². The van der Waals surface area contributed by atoms with Crippen molar-refractivity contribution in [3.8, 4) is 5.69 Å². The van der Waals surface area contributed by atoms with Gasteiger partial charge in [-0.05, 0) is 48.4 Å². The standard InChI is InChI=1S/C25H24N6O3S/c26-35(33,34)21-11-9-20(10-12-21)31-23(16-18-6-2-1-3-7-18)28-24(29-31)25(32)30-15-13-19(17-30)22-8-4-5-14-27-22/h1-12,14,19H,13,15-17H2,(H2,26,33,34). The Bertz CT molecular complexity index is 1440. The molecule has 2 aromatic carbocycles. The van der Waals surface area contributed by atoms with Crippen molar-refractivity contribution in [2.45, 2.75) is 23.7 Å². The largest absolute Gasteiger partial charge is 0.335 e. The number of hydrogen-bond donors (Lipinski definition) is 1. The van der Waals surface area contributed by atoms with Crippen molar-refractivity contribution in [3.63, 3.8) is 0 Å². The lowest BCUT2D eigenvalue weighted by molar-refractivity contribution is 0.0778. The van der Waals surface area contributed by atoms with Crippen molar-refractivity contribution in [1.29, 1.82) is 0 Å². The Balaban J connectivity index is 1.45. The summed E-state index contributed by atoms with van der Waals surface area (Å²) in [4.78, 5) is 24.1. The van der Waals surface area contributed by atoms with Gasteiger partial charge in [0, 0.05) is 37.3 Å². The second kappa shape index (κ2) is 9.40. The number of benzene rings is 2. The van der Waals surface area contributed by atoms with Crippen LogP contribution in [0.25, 0.3) is 5.69 Å². The molecule has 10 heteroatoms. The second-order valence-electron chi connectivity index (χ2n) is 8.46. The fourth-order valence-corrected chi connectivity index (χ4v) is 4.77. The molecule has 0 bridgehead atoms. The lowest BCUT2D eigenvalue weighted by atomic mass is 10.0. The van der Waals surface area contributed by atoms with Gasteiger partial charge >= 0.3 is 0 Å². The summed E-state index contributed by atoms with van der Waals surface area (Å²) in [7, 11) is -3.82. The van der Waals surface area contributed by atoms with E-state index in [1.807, 2.05) is 48.5 Å². The number of likely N-dealkylation sites (tertiary alicyclic amines) is 1. The van der Waals surface area contributed by atoms with Crippen molar-refractivity contribution in [2.75, 3.05) is 13.1 Å². The average molecular weight is 489 g/mol. The molecular weight excluding hydrogens is 464 g/mol. The number of nitrogens with zero attached hydrogens (tertiary/aromatic N) is 5. The molecule has 0 aliphatic carbocycles. The van der Waals surface area contributed by atoms with Crippen LogP contribution >= 0.6 is 0 Å². The zero-order valence-electron chi connectivity index (χ0n) is 18.9. The van der Waals surface area contributed by atoms with E-state index in [1.54, 1.807) is 27.9 Å². The highest BCUT2D eigenvalue weighted by Crippen LogP contribution is 2.26. The maximum atomic E-state index is 13.3. The monoisotopic (exact) mass is 488 g/mol. The number of amides is 1. The lowest BCUT2D eigenvalue weighted by Gasteiger charge is -2.14. The van der Waals surface area contributed by atoms with Gasteiger partial charge in [0.2, 0.25) is 15.8 Å². The second-order valence-corrected chi connectivity index (χ2v) is 10.0. The fourth-order valence-electron chi connectivity index (χ4n) is 4.26. The normalized spacial score (nSPS) is 15.9. The highest BCUT2D eigenvalue weighted by Gasteiger charge is 2.31. The average Bonchev–Trinajstić information content (AvgIpc) is 3.52. The van der Waals surface area contributed by atoms with Crippen LogP contribution in [0, 0.1) is 0 Å². The van der Waals surface area contributed by atoms with E-state index in [0.717, 1.165) is 17.7 Å². The third-order valence-corrected chi connectivity index (χ3v) is 6.99. The molecule has 2 N–H and O–H groups in total. The molecule has 1 fully saturated rings. The first-order valence-electron chi connectivity index (χ1n) is 11.2. The topological polar surface area (TPSA) is 124 Å². The van der Waals surface area contributed by atoms with Crippen molar-refractivity contribution < 1.29 is 13.2 Å². The number of primary sulfonamides is 1. The van der Waals surface area contributed by atoms with Gasteiger partial charge < -0.3 is 4.90 Å². The predicted molar refractivity (Wildman–Crippen MR) is 129 cm³/mol. The third kappa shape index (κ3) is 4.98. The van der Waals surface area contributed by atoms with E-state index in [9.17, 15) is 13.2 Å². The van der Waals surface area contributed by atoms with Crippen LogP contribution in [0.3, 0.4) is 0 Å². The summed E-state index contributed by atoms with van der Waals surface area (Å²) < 4.78 is 24.9. The van der Waals surface area contributed by atoms with E-state index in [0.29, 0.717) is 31.0 Å². The summed E-state index contributed by atoms with van der Waals surface area (Å²) >= 11 is 0. The van der Waals surface area contributed by atoms with Crippen LogP contribution in [0.4, 0.5) is 0 Å². The number of rotatable bonds is 6. The van der Waals surface area contributed by atoms with Gasteiger partial charge in [-0.15, -0.1) is 5.10 Å². The Morgan fingerprint density at radius 2 is 1.74 bits per heavy atom. The van der Waals surface area contributed by atoms with Crippen molar-refractivity contribution in [2.24, 2.45) is 5.14 Å². The molecule has 1 aliphatic rings. The minimum absolute atomic E-state index is 0.0000884. The molecule has 9 nitrogen and oxygen atoms in total. The molecule has 35 heavy (non-hydrogen) atoms. The summed E-state index contributed by atoms with van der Waals surface area (Å²) in [5, 5.41) is 9.76. The molecule has 4 aromatic rings. The molecule has 1 aliphatic heterocycles. The molecule has 2 aromatic heterocycles. The number of sulfonamides is 1. The van der Waals surface area contributed by atoms with Crippen LogP contribution in [-0.4, -0.2) is 52.1 Å². The zero-order chi connectivity index (χ0) is 24.4. The van der Waals surface area contributed by atoms with E-state index in [-0.39, 0.29) is 22.5 Å². The zero-order valence-corrected chi connectivity index (χ0v) is 19.7. The molecule has 0 spiro atoms. The minimum Gasteiger partial charge on any atom is -0.335 e. The Kier molecular flexibility index (Phi) is 6.14. The smallest absolute Gasteiger partial charge is 0.293 e. The Morgan fingerprint density at radius 3 is 2.43 bits per heavy atom. The molecule has 178 valence electrons. The Morgan fingerprint density at radius 1 is 1.00 bits per heavy atom. The van der Waals surface area contributed by atoms with E-state index in [1.165, 1.54) is 12.1 Å². The molecule has 1 saturated heterocycles. The number of hydrogen-bond acceptors (Lipinski definition) is 6. The summed E-state index contributed by atoms with van der Waals surface area (Å²) in [6.07, 6.45) is 3.05. The first-order valence-corrected chi connectivity index (χ1v) is 12.8. The van der Waals surface area contributed by atoms with Crippen LogP contribution in [0.1, 0.15) is 40.0 Å². The van der Waals surface area contributed by atoms with Crippen LogP contribution in [0.15, 0.2) is 83.9 Å². The number of aromatic nitrogens is 4. The Hall–Kier alpha value is -3.89. The fraction of sp³-hybridized carbons (Fsp3) is 0.200. The molecule has 3 heterocycles. The first kappa shape index (κ1) is 22.9. The maximum Gasteiger partial charge on any atom is 0.293 e. The van der Waals surface area contributed by atoms with Gasteiger partial charge in [-0.1, -0.05) is 36.4 Å². The van der Waals surface area contributed by atoms with Gasteiger partial charge in [0.25, 0.3) is 5.91 Å². The summed E-state index contributed by atoms with van der Waals surface area (Å²) in [6, 6.07) is 21.6. The summed E-state index contributed by atoms with van der Waals surface area (Å²) in [5.74, 6) is 0.617. The number of carbonyl (C=O) groups excluding carboxylic acids is 1. The Labute approximate surface area is 203 Å².